The fourth-order valence-corrected chi connectivity index (χ4v) is 3.80. The Morgan fingerprint density at radius 1 is 1.05 bits per heavy atom. The highest BCUT2D eigenvalue weighted by Gasteiger charge is 2.31. The number of halogens is 2. The molecule has 3 atom stereocenters. The van der Waals surface area contributed by atoms with Crippen LogP contribution in [-0.2, 0) is 4.79 Å². The van der Waals surface area contributed by atoms with Crippen molar-refractivity contribution in [2.24, 2.45) is 17.7 Å². The summed E-state index contributed by atoms with van der Waals surface area (Å²) in [5, 5.41) is 0. The van der Waals surface area contributed by atoms with Gasteiger partial charge in [0, 0.05) is 11.4 Å². The number of rotatable bonds is 3. The minimum absolute atomic E-state index is 0.145. The first-order valence-electron chi connectivity index (χ1n) is 10.1. The van der Waals surface area contributed by atoms with Crippen LogP contribution in [0, 0.1) is 29.4 Å². The molecule has 120 valence electrons. The van der Waals surface area contributed by atoms with Gasteiger partial charge in [-0.15, -0.1) is 0 Å². The summed E-state index contributed by atoms with van der Waals surface area (Å²) >= 11 is 0. The molecule has 0 aliphatic heterocycles. The first-order valence-corrected chi connectivity index (χ1v) is 8.03. The molecule has 0 saturated heterocycles. The van der Waals surface area contributed by atoms with Crippen LogP contribution in [0.4, 0.5) is 8.78 Å². The molecule has 0 N–H and O–H groups in total. The SMILES string of the molecule is [2H]C1C(C2CCC(c3ccc(F)c(F)c3)CC2)CCC([2H])(C=O)C1([2H])[2H]. The normalized spacial score (nSPS) is 44.3. The van der Waals surface area contributed by atoms with E-state index in [0.29, 0.717) is 12.7 Å². The lowest BCUT2D eigenvalue weighted by Crippen LogP contribution is -2.25. The lowest BCUT2D eigenvalue weighted by Gasteiger charge is -2.37. The number of carbonyl (C=O) groups excluding carboxylic acids is 1. The summed E-state index contributed by atoms with van der Waals surface area (Å²) in [6.45, 7) is 0. The van der Waals surface area contributed by atoms with Crippen LogP contribution >= 0.6 is 0 Å². The molecule has 0 amide bonds. The Kier molecular flexibility index (Phi) is 3.54. The zero-order valence-electron chi connectivity index (χ0n) is 16.5. The Hall–Kier alpha value is -1.25. The third-order valence-electron chi connectivity index (χ3n) is 5.16. The van der Waals surface area contributed by atoms with Crippen molar-refractivity contribution < 1.29 is 19.1 Å². The summed E-state index contributed by atoms with van der Waals surface area (Å²) < 4.78 is 59.2. The first-order chi connectivity index (χ1) is 12.2. The van der Waals surface area contributed by atoms with E-state index < -0.39 is 30.3 Å². The minimum Gasteiger partial charge on any atom is -0.303 e. The van der Waals surface area contributed by atoms with E-state index >= 15 is 0 Å². The summed E-state index contributed by atoms with van der Waals surface area (Å²) in [4.78, 5) is 11.2. The van der Waals surface area contributed by atoms with Crippen LogP contribution in [0.25, 0.3) is 0 Å². The van der Waals surface area contributed by atoms with E-state index in [9.17, 15) is 13.6 Å². The van der Waals surface area contributed by atoms with Gasteiger partial charge in [-0.1, -0.05) is 6.07 Å². The van der Waals surface area contributed by atoms with Gasteiger partial charge < -0.3 is 4.79 Å². The van der Waals surface area contributed by atoms with Gasteiger partial charge in [0.25, 0.3) is 0 Å². The summed E-state index contributed by atoms with van der Waals surface area (Å²) in [6, 6.07) is 4.03. The van der Waals surface area contributed by atoms with Crippen molar-refractivity contribution in [2.75, 3.05) is 0 Å². The molecule has 1 aromatic rings. The molecule has 3 rings (SSSR count). The molecule has 3 unspecified atom stereocenters. The Morgan fingerprint density at radius 2 is 1.77 bits per heavy atom. The highest BCUT2D eigenvalue weighted by molar-refractivity contribution is 5.53. The van der Waals surface area contributed by atoms with Crippen molar-refractivity contribution in [2.45, 2.75) is 57.2 Å². The van der Waals surface area contributed by atoms with Gasteiger partial charge in [-0.2, -0.15) is 0 Å². The smallest absolute Gasteiger partial charge is 0.159 e. The molecule has 2 aliphatic carbocycles. The number of hydrogen-bond donors (Lipinski definition) is 0. The van der Waals surface area contributed by atoms with Gasteiger partial charge in [0.1, 0.15) is 6.29 Å². The molecule has 1 nitrogen and oxygen atoms in total. The van der Waals surface area contributed by atoms with Crippen LogP contribution in [0.5, 0.6) is 0 Å². The van der Waals surface area contributed by atoms with Crippen LogP contribution < -0.4 is 0 Å². The molecule has 0 bridgehead atoms. The van der Waals surface area contributed by atoms with E-state index in [0.717, 1.165) is 37.3 Å². The number of benzene rings is 1. The Morgan fingerprint density at radius 3 is 2.45 bits per heavy atom. The second kappa shape index (κ2) is 6.89. The lowest BCUT2D eigenvalue weighted by atomic mass is 9.68. The van der Waals surface area contributed by atoms with Gasteiger partial charge in [0.05, 0.1) is 0 Å². The van der Waals surface area contributed by atoms with Crippen LogP contribution in [0.1, 0.15) is 68.3 Å². The second-order valence-corrected chi connectivity index (χ2v) is 6.44. The van der Waals surface area contributed by atoms with Crippen LogP contribution in [0.2, 0.25) is 0 Å². The third-order valence-corrected chi connectivity index (χ3v) is 5.16. The van der Waals surface area contributed by atoms with Gasteiger partial charge in [0.2, 0.25) is 0 Å². The van der Waals surface area contributed by atoms with E-state index in [2.05, 4.69) is 0 Å². The zero-order valence-corrected chi connectivity index (χ0v) is 12.5. The quantitative estimate of drug-likeness (QED) is 0.697. The molecular formula is C19H24F2O. The highest BCUT2D eigenvalue weighted by Crippen LogP contribution is 2.43. The third kappa shape index (κ3) is 3.39. The largest absolute Gasteiger partial charge is 0.303 e. The van der Waals surface area contributed by atoms with Crippen LogP contribution in [0.15, 0.2) is 18.2 Å². The summed E-state index contributed by atoms with van der Waals surface area (Å²) in [5.74, 6) is -3.37. The van der Waals surface area contributed by atoms with Gasteiger partial charge in [-0.25, -0.2) is 8.78 Å². The van der Waals surface area contributed by atoms with E-state index in [4.69, 9.17) is 5.48 Å². The topological polar surface area (TPSA) is 17.1 Å². The van der Waals surface area contributed by atoms with Crippen molar-refractivity contribution in [1.82, 2.24) is 0 Å². The van der Waals surface area contributed by atoms with Gasteiger partial charge in [-0.05, 0) is 86.7 Å². The number of carbonyl (C=O) groups is 1. The standard InChI is InChI=1S/C19H24F2O/c20-18-10-9-17(11-19(18)21)16-7-5-15(6-8-16)14-3-1-13(12-22)2-4-14/h9-16H,1-8H2/i1D2,3D,13D. The van der Waals surface area contributed by atoms with E-state index in [-0.39, 0.29) is 24.2 Å². The lowest BCUT2D eigenvalue weighted by molar-refractivity contribution is -0.112. The first kappa shape index (κ1) is 11.3. The molecule has 2 fully saturated rings. The fourth-order valence-electron chi connectivity index (χ4n) is 3.80. The summed E-state index contributed by atoms with van der Waals surface area (Å²) in [5.41, 5.74) is 0.787. The molecule has 0 spiro atoms. The van der Waals surface area contributed by atoms with E-state index in [1.807, 2.05) is 0 Å². The summed E-state index contributed by atoms with van der Waals surface area (Å²) in [7, 11) is 0. The van der Waals surface area contributed by atoms with Crippen molar-refractivity contribution >= 4 is 6.29 Å². The van der Waals surface area contributed by atoms with Gasteiger partial charge >= 0.3 is 0 Å². The molecule has 0 radical (unpaired) electrons. The Labute approximate surface area is 136 Å². The van der Waals surface area contributed by atoms with E-state index in [1.165, 1.54) is 6.07 Å². The number of hydrogen-bond acceptors (Lipinski definition) is 1. The molecule has 2 saturated carbocycles. The average molecular weight is 310 g/mol. The molecule has 0 heterocycles. The van der Waals surface area contributed by atoms with Crippen LogP contribution in [0.3, 0.4) is 0 Å². The van der Waals surface area contributed by atoms with Crippen molar-refractivity contribution in [3.63, 3.8) is 0 Å². The maximum absolute atomic E-state index is 13.5. The molecule has 2 aliphatic rings. The maximum Gasteiger partial charge on any atom is 0.159 e. The molecular weight excluding hydrogens is 282 g/mol. The molecule has 3 heteroatoms. The fraction of sp³-hybridized carbons (Fsp3) is 0.632. The molecule has 0 aromatic heterocycles. The highest BCUT2D eigenvalue weighted by atomic mass is 19.2. The van der Waals surface area contributed by atoms with Gasteiger partial charge in [-0.3, -0.25) is 0 Å². The maximum atomic E-state index is 13.5. The van der Waals surface area contributed by atoms with Crippen molar-refractivity contribution in [3.05, 3.63) is 35.4 Å². The molecule has 1 aromatic carbocycles. The monoisotopic (exact) mass is 310 g/mol. The Bertz CT molecular complexity index is 676. The van der Waals surface area contributed by atoms with Crippen molar-refractivity contribution in [3.8, 4) is 0 Å². The number of aldehydes is 1. The predicted molar refractivity (Wildman–Crippen MR) is 82.6 cm³/mol. The van der Waals surface area contributed by atoms with E-state index in [1.54, 1.807) is 6.07 Å². The summed E-state index contributed by atoms with van der Waals surface area (Å²) in [6.07, 6.45) is 0.938. The predicted octanol–water partition coefficient (Wildman–Crippen LogP) is 5.24. The van der Waals surface area contributed by atoms with Crippen molar-refractivity contribution in [1.29, 1.82) is 0 Å². The Balaban J connectivity index is 1.66. The van der Waals surface area contributed by atoms with Crippen LogP contribution in [-0.4, -0.2) is 6.29 Å². The van der Waals surface area contributed by atoms with Gasteiger partial charge in [0.15, 0.2) is 11.6 Å². The average Bonchev–Trinajstić information content (AvgIpc) is 2.63. The zero-order chi connectivity index (χ0) is 19.1. The second-order valence-electron chi connectivity index (χ2n) is 6.44. The molecule has 22 heavy (non-hydrogen) atoms. The minimum atomic E-state index is -2.16.